The van der Waals surface area contributed by atoms with Gasteiger partial charge in [-0.15, -0.1) is 11.3 Å². The van der Waals surface area contributed by atoms with E-state index < -0.39 is 6.10 Å². The standard InChI is InChI=1S/C23H29N5OS/c1-27-13-10-24-22(27)19(29)14-8-11-28(12-9-14)21-18-16-4-2-3-5-17(16)30-23(18)26-20(25-21)15-6-7-15/h10,13-15,19,29H,2-9,11-12H2,1H3. The van der Waals surface area contributed by atoms with Gasteiger partial charge in [-0.3, -0.25) is 0 Å². The van der Waals surface area contributed by atoms with Gasteiger partial charge < -0.3 is 14.6 Å². The number of hydrogen-bond acceptors (Lipinski definition) is 6. The quantitative estimate of drug-likeness (QED) is 0.683. The number of aryl methyl sites for hydroxylation is 3. The largest absolute Gasteiger partial charge is 0.385 e. The second kappa shape index (κ2) is 7.31. The Morgan fingerprint density at radius 2 is 1.90 bits per heavy atom. The van der Waals surface area contributed by atoms with E-state index in [1.54, 1.807) is 11.1 Å². The maximum Gasteiger partial charge on any atom is 0.141 e. The molecule has 30 heavy (non-hydrogen) atoms. The summed E-state index contributed by atoms with van der Waals surface area (Å²) in [6.45, 7) is 1.87. The summed E-state index contributed by atoms with van der Waals surface area (Å²) in [7, 11) is 1.96. The fraction of sp³-hybridized carbons (Fsp3) is 0.609. The summed E-state index contributed by atoms with van der Waals surface area (Å²) in [4.78, 5) is 19.8. The van der Waals surface area contributed by atoms with Gasteiger partial charge >= 0.3 is 0 Å². The highest BCUT2D eigenvalue weighted by Crippen LogP contribution is 2.45. The second-order valence-corrected chi connectivity index (χ2v) is 10.3. The fourth-order valence-corrected chi connectivity index (χ4v) is 6.47. The molecule has 1 saturated heterocycles. The highest BCUT2D eigenvalue weighted by Gasteiger charge is 2.33. The molecule has 3 aromatic rings. The van der Waals surface area contributed by atoms with Crippen molar-refractivity contribution in [3.8, 4) is 0 Å². The molecule has 6 rings (SSSR count). The van der Waals surface area contributed by atoms with E-state index in [-0.39, 0.29) is 5.92 Å². The predicted octanol–water partition coefficient (Wildman–Crippen LogP) is 4.13. The Bertz CT molecular complexity index is 1080. The first-order valence-electron chi connectivity index (χ1n) is 11.4. The molecular weight excluding hydrogens is 394 g/mol. The zero-order valence-electron chi connectivity index (χ0n) is 17.5. The summed E-state index contributed by atoms with van der Waals surface area (Å²) < 4.78 is 1.94. The number of fused-ring (bicyclic) bond motifs is 3. The Balaban J connectivity index is 1.31. The Morgan fingerprint density at radius 1 is 1.10 bits per heavy atom. The molecule has 1 atom stereocenters. The molecule has 2 fully saturated rings. The molecule has 4 heterocycles. The lowest BCUT2D eigenvalue weighted by Gasteiger charge is -2.35. The van der Waals surface area contributed by atoms with Crippen LogP contribution in [-0.2, 0) is 19.9 Å². The first-order valence-corrected chi connectivity index (χ1v) is 12.2. The Morgan fingerprint density at radius 3 is 2.63 bits per heavy atom. The number of nitrogens with zero attached hydrogens (tertiary/aromatic N) is 5. The maximum absolute atomic E-state index is 10.9. The molecule has 1 unspecified atom stereocenters. The summed E-state index contributed by atoms with van der Waals surface area (Å²) in [6, 6.07) is 0. The van der Waals surface area contributed by atoms with Gasteiger partial charge in [-0.05, 0) is 62.8 Å². The molecule has 1 saturated carbocycles. The van der Waals surface area contributed by atoms with Crippen molar-refractivity contribution in [3.63, 3.8) is 0 Å². The van der Waals surface area contributed by atoms with Crippen molar-refractivity contribution in [1.29, 1.82) is 0 Å². The number of hydrogen-bond donors (Lipinski definition) is 1. The molecule has 0 spiro atoms. The highest BCUT2D eigenvalue weighted by molar-refractivity contribution is 7.19. The van der Waals surface area contributed by atoms with Crippen LogP contribution in [0.15, 0.2) is 12.4 Å². The molecule has 6 nitrogen and oxygen atoms in total. The maximum atomic E-state index is 10.9. The van der Waals surface area contributed by atoms with E-state index in [1.807, 2.05) is 29.1 Å². The van der Waals surface area contributed by atoms with Crippen LogP contribution >= 0.6 is 11.3 Å². The SMILES string of the molecule is Cn1ccnc1C(O)C1CCN(c2nc(C3CC3)nc3sc4c(c23)CCCC4)CC1. The molecule has 158 valence electrons. The minimum absolute atomic E-state index is 0.249. The summed E-state index contributed by atoms with van der Waals surface area (Å²) in [5.41, 5.74) is 1.52. The summed E-state index contributed by atoms with van der Waals surface area (Å²) >= 11 is 1.91. The number of thiophene rings is 1. The van der Waals surface area contributed by atoms with Gasteiger partial charge in [-0.2, -0.15) is 0 Å². The molecule has 0 aromatic carbocycles. The average molecular weight is 424 g/mol. The molecule has 0 radical (unpaired) electrons. The van der Waals surface area contributed by atoms with Crippen LogP contribution in [0.4, 0.5) is 5.82 Å². The van der Waals surface area contributed by atoms with Crippen molar-refractivity contribution in [3.05, 3.63) is 34.5 Å². The van der Waals surface area contributed by atoms with E-state index in [0.29, 0.717) is 5.92 Å². The molecule has 3 aliphatic rings. The number of anilines is 1. The molecule has 1 aliphatic heterocycles. The molecular formula is C23H29N5OS. The number of aliphatic hydroxyl groups excluding tert-OH is 1. The summed E-state index contributed by atoms with van der Waals surface area (Å²) in [5, 5.41) is 12.2. The van der Waals surface area contributed by atoms with E-state index >= 15 is 0 Å². The Kier molecular flexibility index (Phi) is 4.57. The number of aliphatic hydroxyl groups is 1. The minimum Gasteiger partial charge on any atom is -0.385 e. The molecule has 0 amide bonds. The van der Waals surface area contributed by atoms with Crippen molar-refractivity contribution >= 4 is 27.4 Å². The normalized spacial score (nSPS) is 21.2. The number of aromatic nitrogens is 4. The van der Waals surface area contributed by atoms with Crippen molar-refractivity contribution in [2.75, 3.05) is 18.0 Å². The van der Waals surface area contributed by atoms with Gasteiger partial charge in [0, 0.05) is 43.3 Å². The molecule has 2 aliphatic carbocycles. The van der Waals surface area contributed by atoms with Crippen LogP contribution < -0.4 is 4.90 Å². The fourth-order valence-electron chi connectivity index (χ4n) is 5.21. The lowest BCUT2D eigenvalue weighted by molar-refractivity contribution is 0.0824. The van der Waals surface area contributed by atoms with Gasteiger partial charge in [0.15, 0.2) is 0 Å². The van der Waals surface area contributed by atoms with Crippen LogP contribution in [0.25, 0.3) is 10.2 Å². The van der Waals surface area contributed by atoms with E-state index in [9.17, 15) is 5.11 Å². The molecule has 0 bridgehead atoms. The number of piperidine rings is 1. The average Bonchev–Trinajstić information content (AvgIpc) is 3.44. The van der Waals surface area contributed by atoms with Crippen molar-refractivity contribution in [2.45, 2.75) is 63.4 Å². The van der Waals surface area contributed by atoms with Crippen LogP contribution in [-0.4, -0.2) is 37.7 Å². The zero-order valence-corrected chi connectivity index (χ0v) is 18.4. The molecule has 3 aromatic heterocycles. The summed E-state index contributed by atoms with van der Waals surface area (Å²) in [6.07, 6.45) is 12.5. The van der Waals surface area contributed by atoms with Gasteiger partial charge in [-0.1, -0.05) is 0 Å². The van der Waals surface area contributed by atoms with E-state index in [2.05, 4.69) is 9.88 Å². The van der Waals surface area contributed by atoms with Crippen LogP contribution in [0.2, 0.25) is 0 Å². The van der Waals surface area contributed by atoms with Crippen molar-refractivity contribution < 1.29 is 5.11 Å². The highest BCUT2D eigenvalue weighted by atomic mass is 32.1. The first-order chi connectivity index (χ1) is 14.7. The first kappa shape index (κ1) is 18.8. The van der Waals surface area contributed by atoms with Gasteiger partial charge in [0.1, 0.15) is 28.4 Å². The minimum atomic E-state index is -0.492. The van der Waals surface area contributed by atoms with Crippen LogP contribution in [0.1, 0.15) is 72.6 Å². The predicted molar refractivity (Wildman–Crippen MR) is 119 cm³/mol. The zero-order chi connectivity index (χ0) is 20.2. The van der Waals surface area contributed by atoms with E-state index in [0.717, 1.165) is 37.6 Å². The van der Waals surface area contributed by atoms with Gasteiger partial charge in [0.2, 0.25) is 0 Å². The number of imidazole rings is 1. The molecule has 1 N–H and O–H groups in total. The van der Waals surface area contributed by atoms with Gasteiger partial charge in [-0.25, -0.2) is 15.0 Å². The van der Waals surface area contributed by atoms with Crippen molar-refractivity contribution in [2.24, 2.45) is 13.0 Å². The van der Waals surface area contributed by atoms with Crippen LogP contribution in [0, 0.1) is 5.92 Å². The van der Waals surface area contributed by atoms with Gasteiger partial charge in [0.25, 0.3) is 0 Å². The third-order valence-corrected chi connectivity index (χ3v) is 8.35. The smallest absolute Gasteiger partial charge is 0.141 e. The van der Waals surface area contributed by atoms with E-state index in [4.69, 9.17) is 9.97 Å². The summed E-state index contributed by atoms with van der Waals surface area (Å²) in [5.74, 6) is 3.83. The topological polar surface area (TPSA) is 67.1 Å². The molecule has 7 heteroatoms. The second-order valence-electron chi connectivity index (χ2n) is 9.24. The monoisotopic (exact) mass is 423 g/mol. The van der Waals surface area contributed by atoms with Crippen LogP contribution in [0.5, 0.6) is 0 Å². The van der Waals surface area contributed by atoms with Gasteiger partial charge in [0.05, 0.1) is 5.39 Å². The lowest BCUT2D eigenvalue weighted by Crippen LogP contribution is -2.37. The third kappa shape index (κ3) is 3.14. The third-order valence-electron chi connectivity index (χ3n) is 7.16. The number of rotatable bonds is 4. The lowest BCUT2D eigenvalue weighted by atomic mass is 9.90. The Labute approximate surface area is 181 Å². The van der Waals surface area contributed by atoms with Crippen molar-refractivity contribution in [1.82, 2.24) is 19.5 Å². The Hall–Kier alpha value is -1.99. The van der Waals surface area contributed by atoms with E-state index in [1.165, 1.54) is 60.1 Å². The van der Waals surface area contributed by atoms with Crippen LogP contribution in [0.3, 0.4) is 0 Å².